The van der Waals surface area contributed by atoms with Crippen molar-refractivity contribution in [2.75, 3.05) is 12.4 Å². The van der Waals surface area contributed by atoms with E-state index in [0.717, 1.165) is 0 Å². The molecule has 0 unspecified atom stereocenters. The van der Waals surface area contributed by atoms with E-state index in [4.69, 9.17) is 23.2 Å². The quantitative estimate of drug-likeness (QED) is 0.872. The highest BCUT2D eigenvalue weighted by Crippen LogP contribution is 2.35. The van der Waals surface area contributed by atoms with Gasteiger partial charge in [-0.25, -0.2) is 13.8 Å². The predicted octanol–water partition coefficient (Wildman–Crippen LogP) is 4.52. The Hall–Kier alpha value is -1.13. The SMILES string of the molecule is CNc1cc(C(F)F)nc2c(Cl)c(Cl)ccc12. The minimum atomic E-state index is -2.65. The van der Waals surface area contributed by atoms with Crippen molar-refractivity contribution < 1.29 is 8.78 Å². The number of rotatable bonds is 2. The molecule has 1 N–H and O–H groups in total. The second kappa shape index (κ2) is 4.63. The Labute approximate surface area is 107 Å². The van der Waals surface area contributed by atoms with Gasteiger partial charge < -0.3 is 5.32 Å². The molecule has 90 valence electrons. The van der Waals surface area contributed by atoms with E-state index in [9.17, 15) is 8.78 Å². The number of fused-ring (bicyclic) bond motifs is 1. The van der Waals surface area contributed by atoms with Gasteiger partial charge in [0.05, 0.1) is 15.6 Å². The fourth-order valence-corrected chi connectivity index (χ4v) is 1.93. The summed E-state index contributed by atoms with van der Waals surface area (Å²) >= 11 is 11.8. The van der Waals surface area contributed by atoms with Gasteiger partial charge in [0.1, 0.15) is 5.69 Å². The molecule has 0 radical (unpaired) electrons. The predicted molar refractivity (Wildman–Crippen MR) is 66.3 cm³/mol. The Morgan fingerprint density at radius 2 is 2.00 bits per heavy atom. The molecule has 0 fully saturated rings. The first kappa shape index (κ1) is 12.3. The van der Waals surface area contributed by atoms with Crippen LogP contribution >= 0.6 is 23.2 Å². The topological polar surface area (TPSA) is 24.9 Å². The molecular formula is C11H8Cl2F2N2. The van der Waals surface area contributed by atoms with Crippen molar-refractivity contribution in [3.63, 3.8) is 0 Å². The van der Waals surface area contributed by atoms with Gasteiger partial charge in [-0.2, -0.15) is 0 Å². The van der Waals surface area contributed by atoms with E-state index in [-0.39, 0.29) is 16.2 Å². The molecule has 1 heterocycles. The second-order valence-electron chi connectivity index (χ2n) is 3.40. The van der Waals surface area contributed by atoms with Crippen LogP contribution in [-0.2, 0) is 0 Å². The summed E-state index contributed by atoms with van der Waals surface area (Å²) in [7, 11) is 1.65. The summed E-state index contributed by atoms with van der Waals surface area (Å²) in [6.07, 6.45) is -2.65. The number of hydrogen-bond donors (Lipinski definition) is 1. The van der Waals surface area contributed by atoms with Crippen LogP contribution in [0.2, 0.25) is 10.0 Å². The average molecular weight is 277 g/mol. The van der Waals surface area contributed by atoms with Crippen molar-refractivity contribution in [1.82, 2.24) is 4.98 Å². The number of nitrogens with one attached hydrogen (secondary N) is 1. The van der Waals surface area contributed by atoms with Crippen LogP contribution in [0.1, 0.15) is 12.1 Å². The molecular weight excluding hydrogens is 269 g/mol. The zero-order valence-corrected chi connectivity index (χ0v) is 10.3. The fraction of sp³-hybridized carbons (Fsp3) is 0.182. The van der Waals surface area contributed by atoms with Crippen molar-refractivity contribution in [3.05, 3.63) is 33.9 Å². The van der Waals surface area contributed by atoms with E-state index < -0.39 is 6.43 Å². The van der Waals surface area contributed by atoms with Gasteiger partial charge in [0.2, 0.25) is 0 Å². The van der Waals surface area contributed by atoms with Crippen molar-refractivity contribution in [2.24, 2.45) is 0 Å². The van der Waals surface area contributed by atoms with Crippen LogP contribution in [0.15, 0.2) is 18.2 Å². The first-order chi connectivity index (χ1) is 8.04. The van der Waals surface area contributed by atoms with E-state index in [1.54, 1.807) is 19.2 Å². The second-order valence-corrected chi connectivity index (χ2v) is 4.19. The van der Waals surface area contributed by atoms with Gasteiger partial charge in [0.15, 0.2) is 0 Å². The largest absolute Gasteiger partial charge is 0.388 e. The Morgan fingerprint density at radius 1 is 1.29 bits per heavy atom. The molecule has 17 heavy (non-hydrogen) atoms. The molecule has 0 aliphatic carbocycles. The summed E-state index contributed by atoms with van der Waals surface area (Å²) in [5.74, 6) is 0. The zero-order chi connectivity index (χ0) is 12.6. The Balaban J connectivity index is 2.83. The number of anilines is 1. The molecule has 0 saturated heterocycles. The maximum atomic E-state index is 12.7. The molecule has 6 heteroatoms. The molecule has 2 rings (SSSR count). The van der Waals surface area contributed by atoms with Gasteiger partial charge in [-0.05, 0) is 18.2 Å². The van der Waals surface area contributed by atoms with Crippen molar-refractivity contribution in [1.29, 1.82) is 0 Å². The van der Waals surface area contributed by atoms with Gasteiger partial charge in [0, 0.05) is 18.1 Å². The number of pyridine rings is 1. The normalized spacial score (nSPS) is 11.2. The van der Waals surface area contributed by atoms with Crippen LogP contribution in [0.25, 0.3) is 10.9 Å². The van der Waals surface area contributed by atoms with Gasteiger partial charge in [-0.15, -0.1) is 0 Å². The highest BCUT2D eigenvalue weighted by molar-refractivity contribution is 6.45. The van der Waals surface area contributed by atoms with Crippen molar-refractivity contribution >= 4 is 39.8 Å². The highest BCUT2D eigenvalue weighted by atomic mass is 35.5. The lowest BCUT2D eigenvalue weighted by atomic mass is 10.1. The lowest BCUT2D eigenvalue weighted by Crippen LogP contribution is -1.97. The maximum Gasteiger partial charge on any atom is 0.280 e. The van der Waals surface area contributed by atoms with E-state index >= 15 is 0 Å². The number of aromatic nitrogens is 1. The molecule has 0 amide bonds. The molecule has 2 aromatic rings. The zero-order valence-electron chi connectivity index (χ0n) is 8.77. The Morgan fingerprint density at radius 3 is 2.59 bits per heavy atom. The van der Waals surface area contributed by atoms with Crippen LogP contribution in [0.4, 0.5) is 14.5 Å². The highest BCUT2D eigenvalue weighted by Gasteiger charge is 2.15. The van der Waals surface area contributed by atoms with Crippen LogP contribution in [0.5, 0.6) is 0 Å². The number of alkyl halides is 2. The summed E-state index contributed by atoms with van der Waals surface area (Å²) in [6, 6.07) is 4.60. The van der Waals surface area contributed by atoms with Crippen molar-refractivity contribution in [2.45, 2.75) is 6.43 Å². The summed E-state index contributed by atoms with van der Waals surface area (Å²) in [5, 5.41) is 3.97. The van der Waals surface area contributed by atoms with Crippen LogP contribution in [0.3, 0.4) is 0 Å². The number of nitrogens with zero attached hydrogens (tertiary/aromatic N) is 1. The smallest absolute Gasteiger partial charge is 0.280 e. The molecule has 0 atom stereocenters. The first-order valence-corrected chi connectivity index (χ1v) is 5.54. The lowest BCUT2D eigenvalue weighted by Gasteiger charge is -2.10. The summed E-state index contributed by atoms with van der Waals surface area (Å²) in [5.41, 5.74) is 0.496. The minimum Gasteiger partial charge on any atom is -0.388 e. The Bertz CT molecular complexity index is 573. The fourth-order valence-electron chi connectivity index (χ4n) is 1.57. The van der Waals surface area contributed by atoms with E-state index in [2.05, 4.69) is 10.3 Å². The summed E-state index contributed by atoms with van der Waals surface area (Å²) < 4.78 is 25.4. The molecule has 0 aliphatic heterocycles. The third kappa shape index (κ3) is 2.15. The molecule has 0 spiro atoms. The molecule has 0 saturated carbocycles. The molecule has 1 aromatic heterocycles. The first-order valence-electron chi connectivity index (χ1n) is 4.79. The summed E-state index contributed by atoms with van der Waals surface area (Å²) in [4.78, 5) is 3.84. The third-order valence-corrected chi connectivity index (χ3v) is 3.18. The minimum absolute atomic E-state index is 0.183. The molecule has 2 nitrogen and oxygen atoms in total. The molecule has 0 bridgehead atoms. The van der Waals surface area contributed by atoms with Gasteiger partial charge in [0.25, 0.3) is 6.43 Å². The summed E-state index contributed by atoms with van der Waals surface area (Å²) in [6.45, 7) is 0. The number of hydrogen-bond acceptors (Lipinski definition) is 2. The number of halogens is 4. The van der Waals surface area contributed by atoms with E-state index in [1.807, 2.05) is 0 Å². The molecule has 0 aliphatic rings. The van der Waals surface area contributed by atoms with Gasteiger partial charge in [-0.1, -0.05) is 23.2 Å². The van der Waals surface area contributed by atoms with Crippen LogP contribution in [0, 0.1) is 0 Å². The van der Waals surface area contributed by atoms with E-state index in [0.29, 0.717) is 16.1 Å². The van der Waals surface area contributed by atoms with Crippen LogP contribution < -0.4 is 5.32 Å². The van der Waals surface area contributed by atoms with Gasteiger partial charge in [-0.3, -0.25) is 0 Å². The monoisotopic (exact) mass is 276 g/mol. The lowest BCUT2D eigenvalue weighted by molar-refractivity contribution is 0.146. The number of benzene rings is 1. The van der Waals surface area contributed by atoms with E-state index in [1.165, 1.54) is 6.07 Å². The van der Waals surface area contributed by atoms with Crippen molar-refractivity contribution in [3.8, 4) is 0 Å². The maximum absolute atomic E-state index is 12.7. The average Bonchev–Trinajstić information content (AvgIpc) is 2.32. The van der Waals surface area contributed by atoms with Gasteiger partial charge >= 0.3 is 0 Å². The third-order valence-electron chi connectivity index (χ3n) is 2.39. The molecule has 1 aromatic carbocycles. The van der Waals surface area contributed by atoms with Crippen LogP contribution in [-0.4, -0.2) is 12.0 Å². The standard InChI is InChI=1S/C11H8Cl2F2N2/c1-16-7-4-8(11(14)15)17-10-5(7)2-3-6(12)9(10)13/h2-4,11H,1H3,(H,16,17). The Kier molecular flexibility index (Phi) is 3.35.